The molecular formula is C10H16OSe. The summed E-state index contributed by atoms with van der Waals surface area (Å²) < 4.78 is 0. The number of carbonyl (C=O) groups is 1. The second-order valence-electron chi connectivity index (χ2n) is 4.82. The molecule has 68 valence electrons. The Labute approximate surface area is 82.1 Å². The van der Waals surface area contributed by atoms with Gasteiger partial charge in [0.1, 0.15) is 0 Å². The summed E-state index contributed by atoms with van der Waals surface area (Å²) in [4.78, 5) is 11.8. The number of hydrogen-bond acceptors (Lipinski definition) is 1. The average Bonchev–Trinajstić information content (AvgIpc) is 2.36. The molecular weight excluding hydrogens is 215 g/mol. The molecule has 2 saturated carbocycles. The maximum atomic E-state index is 11.8. The van der Waals surface area contributed by atoms with E-state index in [0.717, 1.165) is 18.2 Å². The second-order valence-corrected chi connectivity index (χ2v) is 5.49. The van der Waals surface area contributed by atoms with Gasteiger partial charge in [-0.05, 0) is 0 Å². The summed E-state index contributed by atoms with van der Waals surface area (Å²) in [5, 5.41) is 0.988. The van der Waals surface area contributed by atoms with Crippen LogP contribution in [-0.4, -0.2) is 21.8 Å². The van der Waals surface area contributed by atoms with Crippen LogP contribution in [0.25, 0.3) is 0 Å². The van der Waals surface area contributed by atoms with Crippen molar-refractivity contribution in [3.05, 3.63) is 0 Å². The standard InChI is InChI=1S/C10H16OSe/c1-9(2)7-3-4-10(9,6-12)8(11)5-7/h7,12H,3-6H2,1-2H3. The zero-order valence-electron chi connectivity index (χ0n) is 7.76. The molecule has 2 atom stereocenters. The van der Waals surface area contributed by atoms with Crippen molar-refractivity contribution in [2.75, 3.05) is 0 Å². The van der Waals surface area contributed by atoms with E-state index in [1.807, 2.05) is 0 Å². The molecule has 0 heterocycles. The van der Waals surface area contributed by atoms with Crippen molar-refractivity contribution in [3.63, 3.8) is 0 Å². The Morgan fingerprint density at radius 3 is 2.50 bits per heavy atom. The van der Waals surface area contributed by atoms with Crippen LogP contribution in [0.2, 0.25) is 5.32 Å². The number of Topliss-reactive ketones (excluding diaryl/α,β-unsaturated/α-hetero) is 1. The van der Waals surface area contributed by atoms with E-state index in [0.29, 0.717) is 11.7 Å². The van der Waals surface area contributed by atoms with Crippen LogP contribution in [-0.2, 0) is 4.79 Å². The summed E-state index contributed by atoms with van der Waals surface area (Å²) >= 11 is 2.62. The van der Waals surface area contributed by atoms with Crippen LogP contribution in [0, 0.1) is 16.7 Å². The number of rotatable bonds is 1. The third-order valence-corrected chi connectivity index (χ3v) is 5.54. The molecule has 2 aliphatic rings. The minimum atomic E-state index is 0.0394. The second kappa shape index (κ2) is 2.36. The van der Waals surface area contributed by atoms with E-state index < -0.39 is 0 Å². The topological polar surface area (TPSA) is 17.1 Å². The first kappa shape index (κ1) is 8.77. The molecule has 1 nitrogen and oxygen atoms in total. The number of carbonyl (C=O) groups excluding carboxylic acids is 1. The van der Waals surface area contributed by atoms with Crippen molar-refractivity contribution >= 4 is 21.8 Å². The fourth-order valence-electron chi connectivity index (χ4n) is 3.14. The molecule has 12 heavy (non-hydrogen) atoms. The molecule has 0 aliphatic heterocycles. The van der Waals surface area contributed by atoms with Crippen LogP contribution < -0.4 is 0 Å². The van der Waals surface area contributed by atoms with Crippen LogP contribution in [0.5, 0.6) is 0 Å². The van der Waals surface area contributed by atoms with Gasteiger partial charge in [0.05, 0.1) is 0 Å². The predicted molar refractivity (Wildman–Crippen MR) is 50.5 cm³/mol. The Hall–Kier alpha value is 0.189. The molecule has 0 aromatic heterocycles. The molecule has 0 amide bonds. The first-order chi connectivity index (χ1) is 5.54. The van der Waals surface area contributed by atoms with Crippen molar-refractivity contribution in [2.24, 2.45) is 16.7 Å². The van der Waals surface area contributed by atoms with E-state index >= 15 is 0 Å². The first-order valence-corrected chi connectivity index (χ1v) is 6.01. The van der Waals surface area contributed by atoms with E-state index in [1.165, 1.54) is 6.42 Å². The zero-order chi connectivity index (χ0) is 8.98. The van der Waals surface area contributed by atoms with Gasteiger partial charge in [0.15, 0.2) is 0 Å². The predicted octanol–water partition coefficient (Wildman–Crippen LogP) is 1.70. The van der Waals surface area contributed by atoms with Gasteiger partial charge in [-0.2, -0.15) is 0 Å². The molecule has 2 fully saturated rings. The summed E-state index contributed by atoms with van der Waals surface area (Å²) in [5.74, 6) is 1.21. The fourth-order valence-corrected chi connectivity index (χ4v) is 4.70. The third kappa shape index (κ3) is 0.736. The number of hydrogen-bond donors (Lipinski definition) is 0. The van der Waals surface area contributed by atoms with E-state index in [9.17, 15) is 4.79 Å². The van der Waals surface area contributed by atoms with Crippen molar-refractivity contribution in [2.45, 2.75) is 38.4 Å². The molecule has 2 aliphatic carbocycles. The maximum absolute atomic E-state index is 11.8. The molecule has 2 bridgehead atoms. The number of fused-ring (bicyclic) bond motifs is 2. The van der Waals surface area contributed by atoms with Crippen molar-refractivity contribution < 1.29 is 4.79 Å². The molecule has 0 aromatic carbocycles. The molecule has 0 N–H and O–H groups in total. The molecule has 0 radical (unpaired) electrons. The van der Waals surface area contributed by atoms with Gasteiger partial charge in [-0.1, -0.05) is 0 Å². The van der Waals surface area contributed by atoms with E-state index in [1.54, 1.807) is 0 Å². The van der Waals surface area contributed by atoms with Gasteiger partial charge in [0.2, 0.25) is 0 Å². The molecule has 0 saturated heterocycles. The van der Waals surface area contributed by atoms with E-state index in [-0.39, 0.29) is 10.8 Å². The monoisotopic (exact) mass is 232 g/mol. The van der Waals surface area contributed by atoms with Crippen LogP contribution in [0.3, 0.4) is 0 Å². The summed E-state index contributed by atoms with van der Waals surface area (Å²) in [7, 11) is 0. The Kier molecular flexibility index (Phi) is 1.72. The Morgan fingerprint density at radius 1 is 1.58 bits per heavy atom. The third-order valence-electron chi connectivity index (χ3n) is 4.41. The van der Waals surface area contributed by atoms with Gasteiger partial charge in [-0.25, -0.2) is 0 Å². The van der Waals surface area contributed by atoms with E-state index in [2.05, 4.69) is 29.9 Å². The fraction of sp³-hybridized carbons (Fsp3) is 0.900. The number of ketones is 1. The molecule has 0 spiro atoms. The minimum absolute atomic E-state index is 0.0394. The quantitative estimate of drug-likeness (QED) is 0.628. The van der Waals surface area contributed by atoms with Crippen LogP contribution in [0.15, 0.2) is 0 Å². The average molecular weight is 231 g/mol. The van der Waals surface area contributed by atoms with Gasteiger partial charge in [-0.3, -0.25) is 0 Å². The Morgan fingerprint density at radius 2 is 2.25 bits per heavy atom. The first-order valence-electron chi connectivity index (χ1n) is 4.69. The van der Waals surface area contributed by atoms with Crippen LogP contribution in [0.1, 0.15) is 33.1 Å². The van der Waals surface area contributed by atoms with Crippen LogP contribution >= 0.6 is 0 Å². The van der Waals surface area contributed by atoms with E-state index in [4.69, 9.17) is 0 Å². The summed E-state index contributed by atoms with van der Waals surface area (Å²) in [5.41, 5.74) is 0.314. The summed E-state index contributed by atoms with van der Waals surface area (Å²) in [6.07, 6.45) is 3.26. The summed E-state index contributed by atoms with van der Waals surface area (Å²) in [6.45, 7) is 4.56. The normalized spacial score (nSPS) is 43.9. The molecule has 2 heteroatoms. The van der Waals surface area contributed by atoms with Gasteiger partial charge in [-0.15, -0.1) is 0 Å². The van der Waals surface area contributed by atoms with Gasteiger partial charge >= 0.3 is 81.8 Å². The van der Waals surface area contributed by atoms with Gasteiger partial charge < -0.3 is 0 Å². The molecule has 0 aromatic rings. The summed E-state index contributed by atoms with van der Waals surface area (Å²) in [6, 6.07) is 0. The van der Waals surface area contributed by atoms with Gasteiger partial charge in [0.25, 0.3) is 0 Å². The molecule has 2 rings (SSSR count). The Balaban J connectivity index is 2.46. The van der Waals surface area contributed by atoms with Crippen molar-refractivity contribution in [3.8, 4) is 0 Å². The van der Waals surface area contributed by atoms with Crippen molar-refractivity contribution in [1.29, 1.82) is 0 Å². The van der Waals surface area contributed by atoms with Crippen molar-refractivity contribution in [1.82, 2.24) is 0 Å². The molecule has 2 unspecified atom stereocenters. The zero-order valence-corrected chi connectivity index (χ0v) is 9.64. The Bertz CT molecular complexity index is 234. The van der Waals surface area contributed by atoms with Crippen LogP contribution in [0.4, 0.5) is 0 Å². The SMILES string of the molecule is CC1(C)C2CCC1(C[SeH])C(=O)C2. The van der Waals surface area contributed by atoms with Gasteiger partial charge in [0, 0.05) is 0 Å².